The average Bonchev–Trinajstić information content (AvgIpc) is 2.59. The second-order valence-corrected chi connectivity index (χ2v) is 7.83. The Kier molecular flexibility index (Phi) is 5.81. The third kappa shape index (κ3) is 4.18. The van der Waals surface area contributed by atoms with Crippen LogP contribution >= 0.6 is 0 Å². The van der Waals surface area contributed by atoms with Crippen molar-refractivity contribution in [1.82, 2.24) is 4.31 Å². The van der Waals surface area contributed by atoms with E-state index in [1.54, 1.807) is 24.3 Å². The predicted octanol–water partition coefficient (Wildman–Crippen LogP) is 3.09. The molecule has 6 nitrogen and oxygen atoms in total. The van der Waals surface area contributed by atoms with Gasteiger partial charge >= 0.3 is 5.97 Å². The van der Waals surface area contributed by atoms with E-state index in [0.717, 1.165) is 10.7 Å². The quantitative estimate of drug-likeness (QED) is 0.817. The van der Waals surface area contributed by atoms with Crippen molar-refractivity contribution in [3.8, 4) is 16.9 Å². The smallest absolute Gasteiger partial charge is 0.339 e. The second-order valence-electron chi connectivity index (χ2n) is 5.68. The van der Waals surface area contributed by atoms with Crippen molar-refractivity contribution in [3.63, 3.8) is 0 Å². The number of aromatic carboxylic acids is 1. The largest absolute Gasteiger partial charge is 0.493 e. The van der Waals surface area contributed by atoms with Gasteiger partial charge in [0, 0.05) is 14.1 Å². The summed E-state index contributed by atoms with van der Waals surface area (Å²) in [6, 6.07) is 11.2. The summed E-state index contributed by atoms with van der Waals surface area (Å²) in [5, 5.41) is 9.41. The minimum absolute atomic E-state index is 0.0480. The van der Waals surface area contributed by atoms with Gasteiger partial charge in [0.2, 0.25) is 10.0 Å². The van der Waals surface area contributed by atoms with Crippen molar-refractivity contribution in [2.45, 2.75) is 18.2 Å². The van der Waals surface area contributed by atoms with Gasteiger partial charge in [-0.3, -0.25) is 0 Å². The molecule has 0 fully saturated rings. The maximum absolute atomic E-state index is 12.3. The van der Waals surface area contributed by atoms with E-state index in [4.69, 9.17) is 4.74 Å². The van der Waals surface area contributed by atoms with Crippen LogP contribution in [0.4, 0.5) is 0 Å². The fourth-order valence-corrected chi connectivity index (χ4v) is 3.21. The first-order chi connectivity index (χ1) is 11.8. The first-order valence-electron chi connectivity index (χ1n) is 7.80. The molecule has 134 valence electrons. The van der Waals surface area contributed by atoms with Crippen LogP contribution in [0.2, 0.25) is 0 Å². The highest BCUT2D eigenvalue weighted by molar-refractivity contribution is 7.89. The molecule has 0 saturated carbocycles. The molecule has 2 rings (SSSR count). The lowest BCUT2D eigenvalue weighted by Crippen LogP contribution is -2.22. The van der Waals surface area contributed by atoms with Crippen molar-refractivity contribution >= 4 is 16.0 Å². The van der Waals surface area contributed by atoms with Gasteiger partial charge in [-0.2, -0.15) is 0 Å². The molecule has 25 heavy (non-hydrogen) atoms. The van der Waals surface area contributed by atoms with Crippen LogP contribution < -0.4 is 4.74 Å². The number of benzene rings is 2. The standard InChI is InChI=1S/C18H21NO5S/c1-4-10-24-17-9-8-14(12-16(17)18(20)21)13-6-5-7-15(11-13)25(22,23)19(2)3/h5-9,11-12H,4,10H2,1-3H3,(H,20,21). The van der Waals surface area contributed by atoms with Crippen LogP contribution in [0, 0.1) is 0 Å². The highest BCUT2D eigenvalue weighted by atomic mass is 32.2. The zero-order chi connectivity index (χ0) is 18.6. The van der Waals surface area contributed by atoms with Crippen LogP contribution in [0.3, 0.4) is 0 Å². The summed E-state index contributed by atoms with van der Waals surface area (Å²) in [6.07, 6.45) is 0.769. The molecule has 0 aliphatic rings. The molecule has 0 heterocycles. The Morgan fingerprint density at radius 1 is 1.12 bits per heavy atom. The SMILES string of the molecule is CCCOc1ccc(-c2cccc(S(=O)(=O)N(C)C)c2)cc1C(=O)O. The van der Waals surface area contributed by atoms with E-state index in [2.05, 4.69) is 0 Å². The van der Waals surface area contributed by atoms with E-state index in [0.29, 0.717) is 23.5 Å². The molecule has 0 spiro atoms. The molecule has 0 unspecified atom stereocenters. The Morgan fingerprint density at radius 3 is 2.40 bits per heavy atom. The van der Waals surface area contributed by atoms with Crippen molar-refractivity contribution in [2.75, 3.05) is 20.7 Å². The summed E-state index contributed by atoms with van der Waals surface area (Å²) < 4.78 is 31.1. The number of carboxylic acid groups (broad SMARTS) is 1. The van der Waals surface area contributed by atoms with E-state index in [9.17, 15) is 18.3 Å². The summed E-state index contributed by atoms with van der Waals surface area (Å²) in [7, 11) is -0.636. The molecule has 1 N–H and O–H groups in total. The molecular weight excluding hydrogens is 342 g/mol. The summed E-state index contributed by atoms with van der Waals surface area (Å²) >= 11 is 0. The number of ether oxygens (including phenoxy) is 1. The number of rotatable bonds is 7. The topological polar surface area (TPSA) is 83.9 Å². The number of hydrogen-bond acceptors (Lipinski definition) is 4. The Morgan fingerprint density at radius 2 is 1.80 bits per heavy atom. The molecule has 0 amide bonds. The first-order valence-corrected chi connectivity index (χ1v) is 9.24. The van der Waals surface area contributed by atoms with Crippen LogP contribution in [-0.2, 0) is 10.0 Å². The minimum Gasteiger partial charge on any atom is -0.493 e. The zero-order valence-electron chi connectivity index (χ0n) is 14.4. The lowest BCUT2D eigenvalue weighted by molar-refractivity contribution is 0.0692. The lowest BCUT2D eigenvalue weighted by Gasteiger charge is -2.13. The van der Waals surface area contributed by atoms with Crippen molar-refractivity contribution in [2.24, 2.45) is 0 Å². The van der Waals surface area contributed by atoms with Crippen LogP contribution in [0.25, 0.3) is 11.1 Å². The zero-order valence-corrected chi connectivity index (χ0v) is 15.2. The third-order valence-electron chi connectivity index (χ3n) is 3.62. The maximum atomic E-state index is 12.3. The molecule has 0 saturated heterocycles. The van der Waals surface area contributed by atoms with Crippen LogP contribution in [0.5, 0.6) is 5.75 Å². The summed E-state index contributed by atoms with van der Waals surface area (Å²) in [4.78, 5) is 11.7. The Labute approximate surface area is 147 Å². The number of hydrogen-bond donors (Lipinski definition) is 1. The summed E-state index contributed by atoms with van der Waals surface area (Å²) in [5.74, 6) is -0.791. The van der Waals surface area contributed by atoms with E-state index in [1.807, 2.05) is 6.92 Å². The van der Waals surface area contributed by atoms with Gasteiger partial charge in [-0.15, -0.1) is 0 Å². The number of sulfonamides is 1. The van der Waals surface area contributed by atoms with E-state index in [1.165, 1.54) is 32.3 Å². The minimum atomic E-state index is -3.56. The maximum Gasteiger partial charge on any atom is 0.339 e. The highest BCUT2D eigenvalue weighted by Crippen LogP contribution is 2.29. The normalized spacial score (nSPS) is 11.5. The first kappa shape index (κ1) is 19.0. The van der Waals surface area contributed by atoms with Gasteiger partial charge in [-0.05, 0) is 41.8 Å². The Bertz CT molecular complexity index is 875. The summed E-state index contributed by atoms with van der Waals surface area (Å²) in [6.45, 7) is 2.36. The molecule has 0 atom stereocenters. The van der Waals surface area contributed by atoms with Gasteiger partial charge in [0.15, 0.2) is 0 Å². The highest BCUT2D eigenvalue weighted by Gasteiger charge is 2.18. The predicted molar refractivity (Wildman–Crippen MR) is 95.5 cm³/mol. The van der Waals surface area contributed by atoms with Gasteiger partial charge in [-0.25, -0.2) is 17.5 Å². The summed E-state index contributed by atoms with van der Waals surface area (Å²) in [5.41, 5.74) is 1.27. The van der Waals surface area contributed by atoms with Crippen molar-refractivity contribution in [3.05, 3.63) is 48.0 Å². The monoisotopic (exact) mass is 363 g/mol. The number of nitrogens with zero attached hydrogens (tertiary/aromatic N) is 1. The van der Waals surface area contributed by atoms with Gasteiger partial charge < -0.3 is 9.84 Å². The van der Waals surface area contributed by atoms with E-state index >= 15 is 0 Å². The van der Waals surface area contributed by atoms with Gasteiger partial charge in [0.1, 0.15) is 11.3 Å². The number of carboxylic acids is 1. The van der Waals surface area contributed by atoms with Crippen molar-refractivity contribution in [1.29, 1.82) is 0 Å². The Balaban J connectivity index is 2.49. The fraction of sp³-hybridized carbons (Fsp3) is 0.278. The van der Waals surface area contributed by atoms with Crippen LogP contribution in [0.15, 0.2) is 47.4 Å². The lowest BCUT2D eigenvalue weighted by atomic mass is 10.0. The molecule has 0 aromatic heterocycles. The molecule has 0 bridgehead atoms. The molecule has 0 aliphatic carbocycles. The van der Waals surface area contributed by atoms with Gasteiger partial charge in [0.25, 0.3) is 0 Å². The van der Waals surface area contributed by atoms with Crippen LogP contribution in [0.1, 0.15) is 23.7 Å². The Hall–Kier alpha value is -2.38. The molecule has 2 aromatic carbocycles. The van der Waals surface area contributed by atoms with Crippen molar-refractivity contribution < 1.29 is 23.1 Å². The number of carbonyl (C=O) groups is 1. The molecule has 7 heteroatoms. The van der Waals surface area contributed by atoms with E-state index in [-0.39, 0.29) is 10.5 Å². The molecule has 2 aromatic rings. The average molecular weight is 363 g/mol. The fourth-order valence-electron chi connectivity index (χ4n) is 2.26. The van der Waals surface area contributed by atoms with Crippen LogP contribution in [-0.4, -0.2) is 44.5 Å². The van der Waals surface area contributed by atoms with Gasteiger partial charge in [-0.1, -0.05) is 25.1 Å². The molecule has 0 radical (unpaired) electrons. The van der Waals surface area contributed by atoms with Gasteiger partial charge in [0.05, 0.1) is 11.5 Å². The van der Waals surface area contributed by atoms with E-state index < -0.39 is 16.0 Å². The molecule has 0 aliphatic heterocycles. The third-order valence-corrected chi connectivity index (χ3v) is 5.43. The second kappa shape index (κ2) is 7.67. The molecular formula is C18H21NO5S.